The zero-order valence-electron chi connectivity index (χ0n) is 20.9. The van der Waals surface area contributed by atoms with Gasteiger partial charge in [0, 0.05) is 48.8 Å². The molecule has 8 nitrogen and oxygen atoms in total. The van der Waals surface area contributed by atoms with Gasteiger partial charge in [0.2, 0.25) is 11.8 Å². The summed E-state index contributed by atoms with van der Waals surface area (Å²) in [5, 5.41) is 9.96. The number of carboxylic acids is 1. The Bertz CT molecular complexity index is 1300. The van der Waals surface area contributed by atoms with Crippen molar-refractivity contribution >= 4 is 46.6 Å². The Labute approximate surface area is 223 Å². The Balaban J connectivity index is 1.28. The largest absolute Gasteiger partial charge is 0.481 e. The number of rotatable bonds is 8. The third-order valence-electron chi connectivity index (χ3n) is 8.86. The van der Waals surface area contributed by atoms with Gasteiger partial charge in [0.05, 0.1) is 16.9 Å². The quantitative estimate of drug-likeness (QED) is 0.388. The van der Waals surface area contributed by atoms with Gasteiger partial charge in [0.25, 0.3) is 0 Å². The van der Waals surface area contributed by atoms with Crippen molar-refractivity contribution in [2.75, 3.05) is 25.5 Å². The van der Waals surface area contributed by atoms with E-state index in [4.69, 9.17) is 5.11 Å². The summed E-state index contributed by atoms with van der Waals surface area (Å²) in [5.41, 5.74) is 2.27. The number of aromatic nitrogens is 1. The fourth-order valence-corrected chi connectivity index (χ4v) is 10.3. The molecule has 1 aromatic carbocycles. The fraction of sp³-hybridized carbons (Fsp3) is 0.556. The second kappa shape index (κ2) is 9.31. The van der Waals surface area contributed by atoms with E-state index in [2.05, 4.69) is 34.1 Å². The van der Waals surface area contributed by atoms with Crippen LogP contribution in [-0.4, -0.2) is 58.7 Å². The van der Waals surface area contributed by atoms with Crippen LogP contribution in [0.15, 0.2) is 34.1 Å². The summed E-state index contributed by atoms with van der Waals surface area (Å²) in [7, 11) is 4.02. The van der Waals surface area contributed by atoms with Gasteiger partial charge in [0.15, 0.2) is 0 Å². The maximum atomic E-state index is 13.6. The van der Waals surface area contributed by atoms with Crippen molar-refractivity contribution in [3.63, 3.8) is 0 Å². The Morgan fingerprint density at radius 2 is 1.76 bits per heavy atom. The molecule has 2 aliphatic carbocycles. The molecule has 6 rings (SSSR count). The van der Waals surface area contributed by atoms with E-state index in [0.29, 0.717) is 25.8 Å². The Kier molecular flexibility index (Phi) is 6.22. The minimum absolute atomic E-state index is 0.0327. The second-order valence-electron chi connectivity index (χ2n) is 11.0. The molecule has 1 aromatic heterocycles. The van der Waals surface area contributed by atoms with E-state index in [1.54, 1.807) is 11.8 Å². The van der Waals surface area contributed by atoms with Gasteiger partial charge in [-0.1, -0.05) is 29.9 Å². The van der Waals surface area contributed by atoms with E-state index in [-0.39, 0.29) is 63.9 Å². The monoisotopic (exact) mass is 541 g/mol. The summed E-state index contributed by atoms with van der Waals surface area (Å²) < 4.78 is 0. The molecule has 0 unspecified atom stereocenters. The number of H-pyrrole nitrogens is 1. The van der Waals surface area contributed by atoms with Crippen molar-refractivity contribution < 1.29 is 19.5 Å². The van der Waals surface area contributed by atoms with Crippen molar-refractivity contribution in [2.45, 2.75) is 48.3 Å². The van der Waals surface area contributed by atoms with Crippen molar-refractivity contribution in [3.8, 4) is 0 Å². The van der Waals surface area contributed by atoms with Crippen molar-refractivity contribution in [3.05, 3.63) is 44.4 Å². The molecular formula is C27H31N3O5S2. The first kappa shape index (κ1) is 24.7. The number of carboxylic acid groups (broad SMARTS) is 1. The van der Waals surface area contributed by atoms with Gasteiger partial charge in [0.1, 0.15) is 0 Å². The normalized spacial score (nSPS) is 31.4. The highest BCUT2D eigenvalue weighted by atomic mass is 32.2. The average Bonchev–Trinajstić information content (AvgIpc) is 3.58. The highest BCUT2D eigenvalue weighted by Crippen LogP contribution is 2.68. The van der Waals surface area contributed by atoms with Crippen LogP contribution in [0.1, 0.15) is 48.5 Å². The van der Waals surface area contributed by atoms with Gasteiger partial charge in [-0.05, 0) is 54.7 Å². The molecule has 2 amide bonds. The minimum atomic E-state index is -0.819. The lowest BCUT2D eigenvalue weighted by molar-refractivity contribution is -0.141. The molecule has 0 spiro atoms. The van der Waals surface area contributed by atoms with Crippen LogP contribution >= 0.6 is 23.1 Å². The molecule has 10 heteroatoms. The van der Waals surface area contributed by atoms with Gasteiger partial charge in [-0.3, -0.25) is 24.1 Å². The summed E-state index contributed by atoms with van der Waals surface area (Å²) in [5.74, 6) is -0.981. The minimum Gasteiger partial charge on any atom is -0.481 e. The lowest BCUT2D eigenvalue weighted by Crippen LogP contribution is -2.42. The van der Waals surface area contributed by atoms with Crippen LogP contribution in [0.4, 0.5) is 5.69 Å². The molecule has 2 bridgehead atoms. The van der Waals surface area contributed by atoms with Crippen molar-refractivity contribution in [2.24, 2.45) is 29.6 Å². The van der Waals surface area contributed by atoms with Crippen molar-refractivity contribution in [1.29, 1.82) is 0 Å². The number of imide groups is 1. The molecule has 0 radical (unpaired) electrons. The third kappa shape index (κ3) is 3.94. The molecule has 2 N–H and O–H groups in total. The van der Waals surface area contributed by atoms with Gasteiger partial charge < -0.3 is 15.0 Å². The van der Waals surface area contributed by atoms with Crippen LogP contribution in [0.25, 0.3) is 0 Å². The highest BCUT2D eigenvalue weighted by molar-refractivity contribution is 8.00. The number of benzene rings is 1. The summed E-state index contributed by atoms with van der Waals surface area (Å²) in [6.45, 7) is 0.377. The number of thiazole rings is 1. The SMILES string of the molecule is CN(C)c1ccc([C@@H]2c3sc(=O)[nH]c3S[C@@H]3[C@H]4C[C@@H]([C@@H]5C(=O)N(CCCCCC(=O)O)C(=O)[C@@H]45)[C@@H]23)cc1. The number of amides is 2. The molecule has 2 saturated carbocycles. The van der Waals surface area contributed by atoms with Crippen LogP contribution in [0, 0.1) is 29.6 Å². The van der Waals surface area contributed by atoms with E-state index >= 15 is 0 Å². The number of likely N-dealkylation sites (tertiary alicyclic amines) is 1. The second-order valence-corrected chi connectivity index (χ2v) is 13.2. The van der Waals surface area contributed by atoms with Gasteiger partial charge in [-0.15, -0.1) is 11.8 Å². The number of unbranched alkanes of at least 4 members (excludes halogenated alkanes) is 2. The molecule has 4 aliphatic rings. The highest BCUT2D eigenvalue weighted by Gasteiger charge is 2.69. The van der Waals surface area contributed by atoms with E-state index in [9.17, 15) is 19.2 Å². The molecule has 196 valence electrons. The molecule has 2 aliphatic heterocycles. The molecular weight excluding hydrogens is 510 g/mol. The third-order valence-corrected chi connectivity index (χ3v) is 11.4. The molecule has 3 heterocycles. The number of carbonyl (C=O) groups is 3. The predicted molar refractivity (Wildman–Crippen MR) is 142 cm³/mol. The standard InChI is InChI=1S/C27H31N3O5S2/c1-29(2)14-9-7-13(8-10-14)18-19-15-12-16(22(19)36-24-23(18)37-27(35)28-24)21-20(15)25(33)30(26(21)34)11-5-3-4-6-17(31)32/h7-10,15-16,18-22H,3-6,11-12H2,1-2H3,(H,28,35)(H,31,32)/t15-,16+,18+,19+,20+,21+,22-/m1/s1. The summed E-state index contributed by atoms with van der Waals surface area (Å²) in [6, 6.07) is 8.51. The lowest BCUT2D eigenvalue weighted by atomic mass is 9.68. The van der Waals surface area contributed by atoms with Crippen LogP contribution in [0.2, 0.25) is 0 Å². The van der Waals surface area contributed by atoms with Crippen LogP contribution in [0.5, 0.6) is 0 Å². The molecule has 37 heavy (non-hydrogen) atoms. The van der Waals surface area contributed by atoms with E-state index < -0.39 is 5.97 Å². The summed E-state index contributed by atoms with van der Waals surface area (Å²) in [6.07, 6.45) is 2.87. The number of fused-ring (bicyclic) bond motifs is 9. The number of aliphatic carboxylic acids is 1. The Morgan fingerprint density at radius 1 is 1.05 bits per heavy atom. The smallest absolute Gasteiger partial charge is 0.305 e. The van der Waals surface area contributed by atoms with Crippen LogP contribution in [-0.2, 0) is 14.4 Å². The number of nitrogens with zero attached hydrogens (tertiary/aromatic N) is 2. The van der Waals surface area contributed by atoms with Gasteiger partial charge in [-0.25, -0.2) is 0 Å². The topological polar surface area (TPSA) is 111 Å². The first-order valence-electron chi connectivity index (χ1n) is 13.0. The number of hydrogen-bond donors (Lipinski definition) is 2. The average molecular weight is 542 g/mol. The lowest BCUT2D eigenvalue weighted by Gasteiger charge is -2.43. The van der Waals surface area contributed by atoms with E-state index in [1.807, 2.05) is 14.1 Å². The predicted octanol–water partition coefficient (Wildman–Crippen LogP) is 3.62. The molecule has 7 atom stereocenters. The first-order chi connectivity index (χ1) is 17.8. The summed E-state index contributed by atoms with van der Waals surface area (Å²) in [4.78, 5) is 57.8. The zero-order chi connectivity index (χ0) is 26.0. The number of aromatic amines is 1. The molecule has 1 saturated heterocycles. The number of anilines is 1. The van der Waals surface area contributed by atoms with Crippen LogP contribution < -0.4 is 9.77 Å². The van der Waals surface area contributed by atoms with Crippen LogP contribution in [0.3, 0.4) is 0 Å². The Morgan fingerprint density at radius 3 is 2.43 bits per heavy atom. The maximum Gasteiger partial charge on any atom is 0.305 e. The van der Waals surface area contributed by atoms with E-state index in [0.717, 1.165) is 27.6 Å². The molecule has 3 fully saturated rings. The number of hydrogen-bond acceptors (Lipinski definition) is 7. The Hall–Kier alpha value is -2.59. The number of nitrogens with one attached hydrogen (secondary N) is 1. The van der Waals surface area contributed by atoms with E-state index in [1.165, 1.54) is 16.2 Å². The first-order valence-corrected chi connectivity index (χ1v) is 14.7. The zero-order valence-corrected chi connectivity index (χ0v) is 22.5. The van der Waals surface area contributed by atoms with Gasteiger partial charge >= 0.3 is 10.8 Å². The fourth-order valence-electron chi connectivity index (χ4n) is 7.37. The maximum absolute atomic E-state index is 13.6. The van der Waals surface area contributed by atoms with Gasteiger partial charge in [-0.2, -0.15) is 0 Å². The molecule has 2 aromatic rings. The number of carbonyl (C=O) groups excluding carboxylic acids is 2. The summed E-state index contributed by atoms with van der Waals surface area (Å²) >= 11 is 2.99. The number of thioether (sulfide) groups is 1. The van der Waals surface area contributed by atoms with Crippen molar-refractivity contribution in [1.82, 2.24) is 9.88 Å².